The van der Waals surface area contributed by atoms with Crippen LogP contribution in [-0.2, 0) is 6.42 Å². The third-order valence-corrected chi connectivity index (χ3v) is 2.10. The Kier molecular flexibility index (Phi) is 2.94. The topological polar surface area (TPSA) is 69.6 Å². The summed E-state index contributed by atoms with van der Waals surface area (Å²) in [6.07, 6.45) is 7.29. The fourth-order valence-electron chi connectivity index (χ4n) is 1.26. The van der Waals surface area contributed by atoms with Crippen molar-refractivity contribution in [2.75, 3.05) is 6.54 Å². The second-order valence-corrected chi connectivity index (χ2v) is 3.39. The van der Waals surface area contributed by atoms with E-state index in [-0.39, 0.29) is 0 Å². The zero-order valence-corrected chi connectivity index (χ0v) is 8.72. The van der Waals surface area contributed by atoms with Gasteiger partial charge in [0.25, 0.3) is 0 Å². The molecule has 0 aliphatic rings. The molecule has 2 heterocycles. The summed E-state index contributed by atoms with van der Waals surface area (Å²) in [5.74, 6) is 1.40. The number of hydrogen-bond acceptors (Lipinski definition) is 4. The average Bonchev–Trinajstić information content (AvgIpc) is 2.68. The number of halogens is 1. The summed E-state index contributed by atoms with van der Waals surface area (Å²) >= 11 is 5.70. The lowest BCUT2D eigenvalue weighted by atomic mass is 10.4. The molecule has 0 unspecified atom stereocenters. The molecule has 0 saturated heterocycles. The van der Waals surface area contributed by atoms with Crippen LogP contribution in [0.25, 0.3) is 5.95 Å². The van der Waals surface area contributed by atoms with Crippen LogP contribution in [0, 0.1) is 0 Å². The second kappa shape index (κ2) is 4.37. The molecule has 0 atom stereocenters. The van der Waals surface area contributed by atoms with Crippen LogP contribution < -0.4 is 5.73 Å². The van der Waals surface area contributed by atoms with Gasteiger partial charge >= 0.3 is 0 Å². The van der Waals surface area contributed by atoms with E-state index < -0.39 is 0 Å². The number of nitrogens with two attached hydrogens (primary N) is 1. The Morgan fingerprint density at radius 1 is 1.27 bits per heavy atom. The van der Waals surface area contributed by atoms with Crippen LogP contribution in [0.4, 0.5) is 0 Å². The molecule has 0 aliphatic heterocycles. The first kappa shape index (κ1) is 10.1. The van der Waals surface area contributed by atoms with Crippen molar-refractivity contribution in [3.8, 4) is 5.95 Å². The molecule has 2 N–H and O–H groups in total. The Hall–Kier alpha value is -1.46. The molecule has 0 saturated carbocycles. The highest BCUT2D eigenvalue weighted by atomic mass is 35.5. The number of rotatable bonds is 3. The first-order valence-corrected chi connectivity index (χ1v) is 4.89. The predicted molar refractivity (Wildman–Crippen MR) is 56.9 cm³/mol. The second-order valence-electron chi connectivity index (χ2n) is 2.95. The third-order valence-electron chi connectivity index (χ3n) is 1.91. The summed E-state index contributed by atoms with van der Waals surface area (Å²) in [7, 11) is 0. The van der Waals surface area contributed by atoms with Crippen molar-refractivity contribution >= 4 is 11.6 Å². The van der Waals surface area contributed by atoms with Crippen LogP contribution in [0.3, 0.4) is 0 Å². The zero-order chi connectivity index (χ0) is 10.7. The largest absolute Gasteiger partial charge is 0.330 e. The molecular formula is C9H10ClN5. The smallest absolute Gasteiger partial charge is 0.235 e. The van der Waals surface area contributed by atoms with E-state index in [9.17, 15) is 0 Å². The molecule has 2 aromatic rings. The summed E-state index contributed by atoms with van der Waals surface area (Å²) in [6.45, 7) is 0.546. The maximum Gasteiger partial charge on any atom is 0.235 e. The van der Waals surface area contributed by atoms with Crippen LogP contribution in [0.15, 0.2) is 24.8 Å². The van der Waals surface area contributed by atoms with Gasteiger partial charge in [0.2, 0.25) is 5.95 Å². The van der Waals surface area contributed by atoms with E-state index >= 15 is 0 Å². The van der Waals surface area contributed by atoms with E-state index in [4.69, 9.17) is 17.3 Å². The Morgan fingerprint density at radius 3 is 2.67 bits per heavy atom. The lowest BCUT2D eigenvalue weighted by molar-refractivity contribution is 0.803. The first-order chi connectivity index (χ1) is 7.31. The van der Waals surface area contributed by atoms with Crippen LogP contribution in [0.5, 0.6) is 0 Å². The minimum Gasteiger partial charge on any atom is -0.330 e. The Balaban J connectivity index is 2.36. The summed E-state index contributed by atoms with van der Waals surface area (Å²) in [4.78, 5) is 12.4. The molecule has 0 spiro atoms. The van der Waals surface area contributed by atoms with E-state index in [2.05, 4.69) is 15.0 Å². The van der Waals surface area contributed by atoms with Crippen molar-refractivity contribution in [2.45, 2.75) is 6.42 Å². The van der Waals surface area contributed by atoms with Gasteiger partial charge < -0.3 is 5.73 Å². The fraction of sp³-hybridized carbons (Fsp3) is 0.222. The predicted octanol–water partition coefficient (Wildman–Crippen LogP) is 0.817. The van der Waals surface area contributed by atoms with Gasteiger partial charge in [-0.2, -0.15) is 0 Å². The normalized spacial score (nSPS) is 10.5. The number of hydrogen-bond donors (Lipinski definition) is 1. The zero-order valence-electron chi connectivity index (χ0n) is 7.97. The lowest BCUT2D eigenvalue weighted by Gasteiger charge is -2.04. The van der Waals surface area contributed by atoms with Gasteiger partial charge in [-0.25, -0.2) is 15.0 Å². The lowest BCUT2D eigenvalue weighted by Crippen LogP contribution is -2.10. The monoisotopic (exact) mass is 223 g/mol. The number of aromatic nitrogens is 4. The van der Waals surface area contributed by atoms with Crippen LogP contribution in [-0.4, -0.2) is 26.1 Å². The quantitative estimate of drug-likeness (QED) is 0.836. The van der Waals surface area contributed by atoms with Gasteiger partial charge in [0.1, 0.15) is 5.82 Å². The maximum absolute atomic E-state index is 5.70. The summed E-state index contributed by atoms with van der Waals surface area (Å²) in [6, 6.07) is 0. The van der Waals surface area contributed by atoms with Gasteiger partial charge in [-0.15, -0.1) is 0 Å². The van der Waals surface area contributed by atoms with Crippen molar-refractivity contribution < 1.29 is 0 Å². The molecule has 2 rings (SSSR count). The van der Waals surface area contributed by atoms with Gasteiger partial charge in [-0.05, 0) is 6.54 Å². The van der Waals surface area contributed by atoms with E-state index in [1.165, 1.54) is 0 Å². The molecule has 0 bridgehead atoms. The van der Waals surface area contributed by atoms with Crippen molar-refractivity contribution in [2.24, 2.45) is 5.73 Å². The van der Waals surface area contributed by atoms with E-state index in [0.717, 1.165) is 5.82 Å². The fourth-order valence-corrected chi connectivity index (χ4v) is 1.36. The van der Waals surface area contributed by atoms with Crippen molar-refractivity contribution in [3.05, 3.63) is 35.6 Å². The maximum atomic E-state index is 5.70. The van der Waals surface area contributed by atoms with Crippen molar-refractivity contribution in [3.63, 3.8) is 0 Å². The Labute approximate surface area is 91.9 Å². The van der Waals surface area contributed by atoms with Crippen LogP contribution in [0.2, 0.25) is 5.02 Å². The highest BCUT2D eigenvalue weighted by Gasteiger charge is 2.05. The Bertz CT molecular complexity index is 436. The number of nitrogens with zero attached hydrogens (tertiary/aromatic N) is 4. The standard InChI is InChI=1S/C9H10ClN5/c10-7-5-13-9(14-6-7)15-4-3-12-8(15)1-2-11/h3-6H,1-2,11H2. The average molecular weight is 224 g/mol. The van der Waals surface area contributed by atoms with Crippen LogP contribution >= 0.6 is 11.6 Å². The molecule has 6 heteroatoms. The van der Waals surface area contributed by atoms with Crippen molar-refractivity contribution in [1.29, 1.82) is 0 Å². The van der Waals surface area contributed by atoms with E-state index in [1.807, 2.05) is 0 Å². The summed E-state index contributed by atoms with van der Waals surface area (Å²) < 4.78 is 1.79. The molecule has 0 fully saturated rings. The van der Waals surface area contributed by atoms with E-state index in [1.54, 1.807) is 29.4 Å². The molecule has 0 amide bonds. The van der Waals surface area contributed by atoms with Crippen LogP contribution in [0.1, 0.15) is 5.82 Å². The SMILES string of the molecule is NCCc1nccn1-c1ncc(Cl)cn1. The van der Waals surface area contributed by atoms with Gasteiger partial charge in [0.15, 0.2) is 0 Å². The van der Waals surface area contributed by atoms with Gasteiger partial charge in [-0.1, -0.05) is 11.6 Å². The molecular weight excluding hydrogens is 214 g/mol. The molecule has 5 nitrogen and oxygen atoms in total. The summed E-state index contributed by atoms with van der Waals surface area (Å²) in [5, 5.41) is 0.513. The highest BCUT2D eigenvalue weighted by molar-refractivity contribution is 6.30. The van der Waals surface area contributed by atoms with Gasteiger partial charge in [0.05, 0.1) is 17.4 Å². The molecule has 0 aromatic carbocycles. The molecule has 0 radical (unpaired) electrons. The Morgan fingerprint density at radius 2 is 2.00 bits per heavy atom. The molecule has 78 valence electrons. The molecule has 2 aromatic heterocycles. The third kappa shape index (κ3) is 2.14. The minimum atomic E-state index is 0.513. The first-order valence-electron chi connectivity index (χ1n) is 4.51. The van der Waals surface area contributed by atoms with E-state index in [0.29, 0.717) is 23.9 Å². The summed E-state index contributed by atoms with van der Waals surface area (Å²) in [5.41, 5.74) is 5.48. The number of imidazole rings is 1. The highest BCUT2D eigenvalue weighted by Crippen LogP contribution is 2.08. The molecule has 15 heavy (non-hydrogen) atoms. The minimum absolute atomic E-state index is 0.513. The molecule has 0 aliphatic carbocycles. The van der Waals surface area contributed by atoms with Gasteiger partial charge in [0, 0.05) is 18.8 Å². The van der Waals surface area contributed by atoms with Gasteiger partial charge in [-0.3, -0.25) is 4.57 Å². The van der Waals surface area contributed by atoms with Crippen molar-refractivity contribution in [1.82, 2.24) is 19.5 Å².